The van der Waals surface area contributed by atoms with Crippen LogP contribution in [0, 0.1) is 23.6 Å². The van der Waals surface area contributed by atoms with Gasteiger partial charge in [0.1, 0.15) is 0 Å². The van der Waals surface area contributed by atoms with E-state index in [1.165, 1.54) is 37.8 Å². The number of rotatable bonds is 4. The molecule has 1 aromatic rings. The highest BCUT2D eigenvalue weighted by atomic mass is 79.9. The maximum absolute atomic E-state index is 14.3. The largest absolute Gasteiger partial charge is 0.478 e. The summed E-state index contributed by atoms with van der Waals surface area (Å²) in [5.74, 6) is 0.567. The average Bonchev–Trinajstić information content (AvgIpc) is 3.06. The summed E-state index contributed by atoms with van der Waals surface area (Å²) in [5, 5.41) is 12.2. The van der Waals surface area contributed by atoms with E-state index in [1.54, 1.807) is 0 Å². The number of aromatic carboxylic acids is 1. The van der Waals surface area contributed by atoms with Gasteiger partial charge < -0.3 is 10.4 Å². The Morgan fingerprint density at radius 3 is 2.76 bits per heavy atom. The number of carboxylic acid groups (broad SMARTS) is 1. The second kappa shape index (κ2) is 5.59. The van der Waals surface area contributed by atoms with Crippen molar-refractivity contribution in [1.82, 2.24) is 0 Å². The van der Waals surface area contributed by atoms with Crippen molar-refractivity contribution >= 4 is 27.6 Å². The molecule has 3 rings (SSSR count). The van der Waals surface area contributed by atoms with Gasteiger partial charge in [0.05, 0.1) is 15.7 Å². The average molecular weight is 356 g/mol. The third-order valence-corrected chi connectivity index (χ3v) is 5.91. The van der Waals surface area contributed by atoms with Crippen molar-refractivity contribution in [2.24, 2.45) is 17.8 Å². The highest BCUT2D eigenvalue weighted by Crippen LogP contribution is 2.50. The van der Waals surface area contributed by atoms with Crippen LogP contribution in [0.1, 0.15) is 43.0 Å². The second-order valence-corrected chi connectivity index (χ2v) is 7.16. The molecule has 2 saturated carbocycles. The van der Waals surface area contributed by atoms with Gasteiger partial charge in [0.15, 0.2) is 5.82 Å². The first-order valence-electron chi connectivity index (χ1n) is 7.45. The van der Waals surface area contributed by atoms with E-state index < -0.39 is 11.8 Å². The van der Waals surface area contributed by atoms with Gasteiger partial charge in [0.2, 0.25) is 0 Å². The van der Waals surface area contributed by atoms with E-state index in [1.807, 2.05) is 0 Å². The lowest BCUT2D eigenvalue weighted by atomic mass is 9.84. The molecule has 2 N–H and O–H groups in total. The smallest absolute Gasteiger partial charge is 0.336 e. The van der Waals surface area contributed by atoms with Gasteiger partial charge in [0.25, 0.3) is 0 Å². The van der Waals surface area contributed by atoms with Crippen LogP contribution in [0.3, 0.4) is 0 Å². The molecule has 4 atom stereocenters. The first-order valence-corrected chi connectivity index (χ1v) is 8.24. The lowest BCUT2D eigenvalue weighted by Gasteiger charge is -2.29. The molecule has 0 radical (unpaired) electrons. The molecule has 0 amide bonds. The van der Waals surface area contributed by atoms with E-state index in [4.69, 9.17) is 5.11 Å². The van der Waals surface area contributed by atoms with Crippen molar-refractivity contribution in [2.45, 2.75) is 38.6 Å². The quantitative estimate of drug-likeness (QED) is 0.834. The van der Waals surface area contributed by atoms with Crippen LogP contribution in [0.4, 0.5) is 10.1 Å². The molecule has 2 aliphatic carbocycles. The number of hydrogen-bond donors (Lipinski definition) is 2. The first-order chi connectivity index (χ1) is 9.97. The zero-order chi connectivity index (χ0) is 15.1. The van der Waals surface area contributed by atoms with Crippen LogP contribution < -0.4 is 5.32 Å². The van der Waals surface area contributed by atoms with Crippen molar-refractivity contribution in [2.75, 3.05) is 5.32 Å². The van der Waals surface area contributed by atoms with Crippen LogP contribution in [0.2, 0.25) is 0 Å². The fourth-order valence-corrected chi connectivity index (χ4v) is 4.60. The number of carboxylic acids is 1. The Morgan fingerprint density at radius 1 is 1.43 bits per heavy atom. The highest BCUT2D eigenvalue weighted by Gasteiger charge is 2.41. The van der Waals surface area contributed by atoms with Crippen molar-refractivity contribution in [1.29, 1.82) is 0 Å². The Bertz CT molecular complexity index is 578. The lowest BCUT2D eigenvalue weighted by molar-refractivity contribution is 0.0695. The van der Waals surface area contributed by atoms with Gasteiger partial charge in [-0.15, -0.1) is 0 Å². The van der Waals surface area contributed by atoms with Crippen molar-refractivity contribution in [3.63, 3.8) is 0 Å². The summed E-state index contributed by atoms with van der Waals surface area (Å²) < 4.78 is 14.3. The number of anilines is 1. The molecule has 0 spiro atoms. The van der Waals surface area contributed by atoms with E-state index in [2.05, 4.69) is 28.2 Å². The number of hydrogen-bond acceptors (Lipinski definition) is 2. The second-order valence-electron chi connectivity index (χ2n) is 6.37. The molecule has 0 heterocycles. The molecule has 5 heteroatoms. The molecule has 114 valence electrons. The Hall–Kier alpha value is -1.10. The van der Waals surface area contributed by atoms with E-state index in [0.717, 1.165) is 11.8 Å². The Balaban J connectivity index is 1.76. The Kier molecular flexibility index (Phi) is 3.95. The summed E-state index contributed by atoms with van der Waals surface area (Å²) in [6.45, 7) is 2.10. The van der Waals surface area contributed by atoms with E-state index in [9.17, 15) is 9.18 Å². The van der Waals surface area contributed by atoms with E-state index in [0.29, 0.717) is 11.6 Å². The fraction of sp³-hybridized carbons (Fsp3) is 0.562. The summed E-state index contributed by atoms with van der Waals surface area (Å²) in [6, 6.07) is 3.16. The molecule has 2 aliphatic rings. The summed E-state index contributed by atoms with van der Waals surface area (Å²) in [6.07, 6.45) is 5.20. The number of fused-ring (bicyclic) bond motifs is 2. The van der Waals surface area contributed by atoms with Gasteiger partial charge in [-0.3, -0.25) is 0 Å². The van der Waals surface area contributed by atoms with Gasteiger partial charge >= 0.3 is 5.97 Å². The van der Waals surface area contributed by atoms with Crippen LogP contribution in [0.5, 0.6) is 0 Å². The molecular formula is C16H19BrFNO2. The summed E-state index contributed by atoms with van der Waals surface area (Å²) in [4.78, 5) is 11.0. The minimum atomic E-state index is -1.13. The van der Waals surface area contributed by atoms with Crippen molar-refractivity contribution in [3.05, 3.63) is 28.0 Å². The van der Waals surface area contributed by atoms with Gasteiger partial charge in [-0.2, -0.15) is 0 Å². The number of carbonyl (C=O) groups is 1. The Morgan fingerprint density at radius 2 is 2.19 bits per heavy atom. The third kappa shape index (κ3) is 2.68. The standard InChI is InChI=1S/C16H19BrFNO2/c1-8(12-7-9-2-3-10(12)6-9)19-13-5-4-11(16(20)21)14(17)15(13)18/h4-5,8-10,12,19H,2-3,6-7H2,1H3,(H,20,21). The molecule has 21 heavy (non-hydrogen) atoms. The van der Waals surface area contributed by atoms with Gasteiger partial charge in [-0.1, -0.05) is 6.42 Å². The fourth-order valence-electron chi connectivity index (χ4n) is 4.08. The van der Waals surface area contributed by atoms with Gasteiger partial charge in [-0.05, 0) is 72.0 Å². The maximum Gasteiger partial charge on any atom is 0.336 e. The molecule has 0 aliphatic heterocycles. The van der Waals surface area contributed by atoms with E-state index in [-0.39, 0.29) is 16.1 Å². The lowest BCUT2D eigenvalue weighted by Crippen LogP contribution is -2.30. The maximum atomic E-state index is 14.3. The minimum absolute atomic E-state index is 0.0140. The van der Waals surface area contributed by atoms with Crippen molar-refractivity contribution in [3.8, 4) is 0 Å². The number of nitrogens with one attached hydrogen (secondary N) is 1. The van der Waals surface area contributed by atoms with Crippen LogP contribution in [0.15, 0.2) is 16.6 Å². The van der Waals surface area contributed by atoms with Crippen molar-refractivity contribution < 1.29 is 14.3 Å². The van der Waals surface area contributed by atoms with Crippen LogP contribution in [-0.2, 0) is 0 Å². The van der Waals surface area contributed by atoms with Gasteiger partial charge in [-0.25, -0.2) is 9.18 Å². The SMILES string of the molecule is CC(Nc1ccc(C(=O)O)c(Br)c1F)C1CC2CCC1C2. The van der Waals surface area contributed by atoms with Gasteiger partial charge in [0, 0.05) is 6.04 Å². The normalized spacial score (nSPS) is 28.6. The summed E-state index contributed by atoms with van der Waals surface area (Å²) in [5.41, 5.74) is 0.327. The number of benzene rings is 1. The van der Waals surface area contributed by atoms with E-state index >= 15 is 0 Å². The third-order valence-electron chi connectivity index (χ3n) is 5.13. The molecule has 1 aromatic carbocycles. The molecule has 3 nitrogen and oxygen atoms in total. The molecule has 2 fully saturated rings. The predicted octanol–water partition coefficient (Wildman–Crippen LogP) is 4.52. The zero-order valence-electron chi connectivity index (χ0n) is 11.9. The predicted molar refractivity (Wildman–Crippen MR) is 83.1 cm³/mol. The minimum Gasteiger partial charge on any atom is -0.478 e. The molecule has 0 aromatic heterocycles. The summed E-state index contributed by atoms with van der Waals surface area (Å²) >= 11 is 3.04. The molecule has 0 saturated heterocycles. The monoisotopic (exact) mass is 355 g/mol. The number of halogens is 2. The van der Waals surface area contributed by atoms with Crippen LogP contribution in [0.25, 0.3) is 0 Å². The zero-order valence-corrected chi connectivity index (χ0v) is 13.5. The topological polar surface area (TPSA) is 49.3 Å². The Labute approximate surface area is 132 Å². The molecular weight excluding hydrogens is 337 g/mol. The van der Waals surface area contributed by atoms with Crippen LogP contribution >= 0.6 is 15.9 Å². The van der Waals surface area contributed by atoms with Crippen LogP contribution in [-0.4, -0.2) is 17.1 Å². The summed E-state index contributed by atoms with van der Waals surface area (Å²) in [7, 11) is 0. The molecule has 4 unspecified atom stereocenters. The first kappa shape index (κ1) is 14.8. The highest BCUT2D eigenvalue weighted by molar-refractivity contribution is 9.10. The molecule has 2 bridgehead atoms.